The smallest absolute Gasteiger partial charge is 0.333 e. The number of anilines is 1. The van der Waals surface area contributed by atoms with Crippen LogP contribution < -0.4 is 14.4 Å². The summed E-state index contributed by atoms with van der Waals surface area (Å²) in [5.41, 5.74) is 1.95. The van der Waals surface area contributed by atoms with Gasteiger partial charge in [0.1, 0.15) is 24.7 Å². The van der Waals surface area contributed by atoms with Gasteiger partial charge in [-0.15, -0.1) is 0 Å². The Labute approximate surface area is 178 Å². The van der Waals surface area contributed by atoms with Crippen LogP contribution in [0.1, 0.15) is 13.0 Å². The van der Waals surface area contributed by atoms with Gasteiger partial charge in [-0.1, -0.05) is 31.7 Å². The molecule has 0 spiro atoms. The first-order chi connectivity index (χ1) is 14.2. The Kier molecular flexibility index (Phi) is 9.44. The van der Waals surface area contributed by atoms with Crippen LogP contribution in [-0.4, -0.2) is 63.8 Å². The minimum atomic E-state index is -0.970. The highest BCUT2D eigenvalue weighted by molar-refractivity contribution is 5.72. The zero-order valence-corrected chi connectivity index (χ0v) is 16.6. The standard InChI is InChI=1S/C22H27NO6.CH4/c1-26-21(22(24)25)16-17-6-8-18(9-7-17)28-14-15-29-20-5-3-2-4-19(20)23-10-12-27-13-11-23;/h2-9,21H,10-16H2,1H3,(H,24,25);1H4/t21-;/m0./s1. The predicted molar refractivity (Wildman–Crippen MR) is 116 cm³/mol. The van der Waals surface area contributed by atoms with Crippen molar-refractivity contribution in [3.8, 4) is 11.5 Å². The third kappa shape index (κ3) is 6.64. The summed E-state index contributed by atoms with van der Waals surface area (Å²) in [4.78, 5) is 13.3. The molecule has 3 rings (SSSR count). The molecule has 0 radical (unpaired) electrons. The molecule has 0 bridgehead atoms. The van der Waals surface area contributed by atoms with Gasteiger partial charge in [0.25, 0.3) is 0 Å². The summed E-state index contributed by atoms with van der Waals surface area (Å²) in [6.07, 6.45) is -0.533. The van der Waals surface area contributed by atoms with Gasteiger partial charge in [-0.25, -0.2) is 4.79 Å². The van der Waals surface area contributed by atoms with E-state index in [1.807, 2.05) is 42.5 Å². The van der Waals surface area contributed by atoms with E-state index < -0.39 is 12.1 Å². The molecule has 1 aliphatic rings. The summed E-state index contributed by atoms with van der Waals surface area (Å²) in [5, 5.41) is 9.06. The number of nitrogens with zero attached hydrogens (tertiary/aromatic N) is 1. The quantitative estimate of drug-likeness (QED) is 0.595. The van der Waals surface area contributed by atoms with Gasteiger partial charge in [0.05, 0.1) is 18.9 Å². The van der Waals surface area contributed by atoms with Gasteiger partial charge in [0, 0.05) is 26.6 Å². The van der Waals surface area contributed by atoms with Crippen molar-refractivity contribution in [3.05, 3.63) is 54.1 Å². The average Bonchev–Trinajstić information content (AvgIpc) is 2.76. The summed E-state index contributed by atoms with van der Waals surface area (Å²) in [5.74, 6) is 0.582. The zero-order valence-electron chi connectivity index (χ0n) is 16.6. The maximum atomic E-state index is 11.0. The molecule has 7 nitrogen and oxygen atoms in total. The SMILES string of the molecule is C.CO[C@@H](Cc1ccc(OCCOc2ccccc2N2CCOCC2)cc1)C(=O)O. The first kappa shape index (κ1) is 23.5. The van der Waals surface area contributed by atoms with Crippen LogP contribution in [0.25, 0.3) is 0 Å². The second kappa shape index (κ2) is 12.0. The summed E-state index contributed by atoms with van der Waals surface area (Å²) in [7, 11) is 1.40. The third-order valence-electron chi connectivity index (χ3n) is 4.73. The Morgan fingerprint density at radius 1 is 1.07 bits per heavy atom. The van der Waals surface area contributed by atoms with Gasteiger partial charge in [-0.05, 0) is 29.8 Å². The van der Waals surface area contributed by atoms with Crippen LogP contribution in [-0.2, 0) is 20.7 Å². The molecule has 1 atom stereocenters. The number of carboxylic acid groups (broad SMARTS) is 1. The van der Waals surface area contributed by atoms with Crippen LogP contribution in [0.2, 0.25) is 0 Å². The number of hydrogen-bond donors (Lipinski definition) is 1. The van der Waals surface area contributed by atoms with E-state index in [1.165, 1.54) is 7.11 Å². The van der Waals surface area contributed by atoms with E-state index in [4.69, 9.17) is 24.1 Å². The van der Waals surface area contributed by atoms with Gasteiger partial charge in [-0.3, -0.25) is 0 Å². The van der Waals surface area contributed by atoms with Crippen molar-refractivity contribution in [1.82, 2.24) is 0 Å². The molecule has 1 aliphatic heterocycles. The molecule has 0 aromatic heterocycles. The van der Waals surface area contributed by atoms with E-state index in [1.54, 1.807) is 0 Å². The maximum Gasteiger partial charge on any atom is 0.333 e. The van der Waals surface area contributed by atoms with Crippen molar-refractivity contribution in [1.29, 1.82) is 0 Å². The zero-order chi connectivity index (χ0) is 20.5. The molecule has 164 valence electrons. The molecule has 0 saturated carbocycles. The van der Waals surface area contributed by atoms with Crippen LogP contribution >= 0.6 is 0 Å². The van der Waals surface area contributed by atoms with Crippen molar-refractivity contribution < 1.29 is 28.8 Å². The average molecular weight is 418 g/mol. The van der Waals surface area contributed by atoms with Crippen LogP contribution in [0.5, 0.6) is 11.5 Å². The van der Waals surface area contributed by atoms with E-state index in [-0.39, 0.29) is 7.43 Å². The molecule has 1 saturated heterocycles. The first-order valence-electron chi connectivity index (χ1n) is 9.69. The normalized spacial score (nSPS) is 14.5. The Morgan fingerprint density at radius 2 is 1.73 bits per heavy atom. The number of carbonyl (C=O) groups is 1. The summed E-state index contributed by atoms with van der Waals surface area (Å²) >= 11 is 0. The number of para-hydroxylation sites is 2. The second-order valence-corrected chi connectivity index (χ2v) is 6.67. The van der Waals surface area contributed by atoms with Crippen LogP contribution in [0, 0.1) is 0 Å². The van der Waals surface area contributed by atoms with E-state index in [9.17, 15) is 4.79 Å². The van der Waals surface area contributed by atoms with Gasteiger partial charge >= 0.3 is 5.97 Å². The van der Waals surface area contributed by atoms with Crippen LogP contribution in [0.3, 0.4) is 0 Å². The number of morpholine rings is 1. The highest BCUT2D eigenvalue weighted by Crippen LogP contribution is 2.28. The summed E-state index contributed by atoms with van der Waals surface area (Å²) in [6, 6.07) is 15.3. The summed E-state index contributed by atoms with van der Waals surface area (Å²) < 4.78 is 22.1. The number of hydrogen-bond acceptors (Lipinski definition) is 6. The van der Waals surface area contributed by atoms with E-state index in [0.717, 1.165) is 43.3 Å². The molecule has 1 fully saturated rings. The molecule has 0 aliphatic carbocycles. The molecule has 7 heteroatoms. The number of aliphatic carboxylic acids is 1. The number of ether oxygens (including phenoxy) is 4. The lowest BCUT2D eigenvalue weighted by molar-refractivity contribution is -0.148. The van der Waals surface area contributed by atoms with Crippen molar-refractivity contribution in [3.63, 3.8) is 0 Å². The highest BCUT2D eigenvalue weighted by atomic mass is 16.5. The Bertz CT molecular complexity index is 774. The number of rotatable bonds is 10. The Balaban J connectivity index is 0.00000320. The molecule has 2 aromatic carbocycles. The summed E-state index contributed by atoms with van der Waals surface area (Å²) in [6.45, 7) is 4.00. The van der Waals surface area contributed by atoms with Crippen LogP contribution in [0.15, 0.2) is 48.5 Å². The molecule has 30 heavy (non-hydrogen) atoms. The monoisotopic (exact) mass is 417 g/mol. The number of carboxylic acids is 1. The lowest BCUT2D eigenvalue weighted by atomic mass is 10.1. The van der Waals surface area contributed by atoms with Crippen molar-refractivity contribution >= 4 is 11.7 Å². The number of benzene rings is 2. The topological polar surface area (TPSA) is 77.5 Å². The molecule has 0 unspecified atom stereocenters. The fourth-order valence-corrected chi connectivity index (χ4v) is 3.16. The van der Waals surface area contributed by atoms with Crippen molar-refractivity contribution in [2.75, 3.05) is 51.5 Å². The molecule has 1 N–H and O–H groups in total. The minimum absolute atomic E-state index is 0. The van der Waals surface area contributed by atoms with E-state index in [2.05, 4.69) is 11.0 Å². The van der Waals surface area contributed by atoms with Gasteiger partial charge in [0.2, 0.25) is 0 Å². The first-order valence-corrected chi connectivity index (χ1v) is 9.69. The van der Waals surface area contributed by atoms with Crippen molar-refractivity contribution in [2.24, 2.45) is 0 Å². The highest BCUT2D eigenvalue weighted by Gasteiger charge is 2.17. The van der Waals surface area contributed by atoms with Crippen LogP contribution in [0.4, 0.5) is 5.69 Å². The Morgan fingerprint density at radius 3 is 2.40 bits per heavy atom. The largest absolute Gasteiger partial charge is 0.490 e. The van der Waals surface area contributed by atoms with E-state index >= 15 is 0 Å². The van der Waals surface area contributed by atoms with Gasteiger partial charge in [0.15, 0.2) is 6.10 Å². The third-order valence-corrected chi connectivity index (χ3v) is 4.73. The lowest BCUT2D eigenvalue weighted by Crippen LogP contribution is -2.36. The second-order valence-electron chi connectivity index (χ2n) is 6.67. The van der Waals surface area contributed by atoms with Crippen molar-refractivity contribution in [2.45, 2.75) is 20.0 Å². The number of methoxy groups -OCH3 is 1. The maximum absolute atomic E-state index is 11.0. The minimum Gasteiger partial charge on any atom is -0.490 e. The van der Waals surface area contributed by atoms with Gasteiger partial charge in [-0.2, -0.15) is 0 Å². The molecular formula is C23H31NO6. The fraction of sp³-hybridized carbons (Fsp3) is 0.435. The van der Waals surface area contributed by atoms with Gasteiger partial charge < -0.3 is 29.0 Å². The fourth-order valence-electron chi connectivity index (χ4n) is 3.16. The molecular weight excluding hydrogens is 386 g/mol. The molecule has 0 amide bonds. The Hall–Kier alpha value is -2.77. The molecule has 2 aromatic rings. The lowest BCUT2D eigenvalue weighted by Gasteiger charge is -2.30. The molecule has 1 heterocycles. The predicted octanol–water partition coefficient (Wildman–Crippen LogP) is 3.26. The van der Waals surface area contributed by atoms with E-state index in [0.29, 0.717) is 25.4 Å².